The second kappa shape index (κ2) is 11.3. The lowest BCUT2D eigenvalue weighted by Gasteiger charge is -2.40. The zero-order valence-corrected chi connectivity index (χ0v) is 16.7. The number of ether oxygens (including phenoxy) is 4. The van der Waals surface area contributed by atoms with Crippen LogP contribution < -0.4 is 9.47 Å². The Morgan fingerprint density at radius 3 is 2.53 bits per heavy atom. The first-order valence-electron chi connectivity index (χ1n) is 9.41. The van der Waals surface area contributed by atoms with E-state index in [2.05, 4.69) is 0 Å². The van der Waals surface area contributed by atoms with Crippen molar-refractivity contribution in [2.75, 3.05) is 26.9 Å². The summed E-state index contributed by atoms with van der Waals surface area (Å²) in [6, 6.07) is 4.87. The molecule has 1 fully saturated rings. The minimum Gasteiger partial charge on any atom is -0.493 e. The van der Waals surface area contributed by atoms with Crippen LogP contribution in [0.2, 0.25) is 0 Å². The second-order valence-corrected chi connectivity index (χ2v) is 6.84. The van der Waals surface area contributed by atoms with E-state index in [4.69, 9.17) is 29.2 Å². The minimum atomic E-state index is -1.61. The van der Waals surface area contributed by atoms with Gasteiger partial charge in [0.1, 0.15) is 31.0 Å². The molecular formula is C20H28O10. The second-order valence-electron chi connectivity index (χ2n) is 6.84. The summed E-state index contributed by atoms with van der Waals surface area (Å²) in [5, 5.41) is 48.4. The average Bonchev–Trinajstić information content (AvgIpc) is 2.76. The van der Waals surface area contributed by atoms with E-state index < -0.39 is 55.8 Å². The number of aliphatic hydroxyl groups excluding tert-OH is 5. The first-order valence-corrected chi connectivity index (χ1v) is 9.41. The van der Waals surface area contributed by atoms with E-state index in [0.29, 0.717) is 5.75 Å². The Balaban J connectivity index is 2.12. The summed E-state index contributed by atoms with van der Waals surface area (Å²) in [7, 11) is 1.42. The maximum Gasteiger partial charge on any atom is 0.311 e. The van der Waals surface area contributed by atoms with Crippen molar-refractivity contribution in [3.8, 4) is 11.5 Å². The summed E-state index contributed by atoms with van der Waals surface area (Å²) in [6.45, 7) is 0.544. The molecule has 6 atom stereocenters. The van der Waals surface area contributed by atoms with Crippen LogP contribution in [0.1, 0.15) is 12.5 Å². The van der Waals surface area contributed by atoms with Crippen molar-refractivity contribution in [1.29, 1.82) is 0 Å². The molecule has 0 saturated carbocycles. The molecule has 30 heavy (non-hydrogen) atoms. The molecule has 0 bridgehead atoms. The number of carbonyl (C=O) groups is 1. The van der Waals surface area contributed by atoms with Crippen molar-refractivity contribution in [3.63, 3.8) is 0 Å². The van der Waals surface area contributed by atoms with Crippen LogP contribution in [0.25, 0.3) is 6.08 Å². The molecule has 1 aliphatic rings. The van der Waals surface area contributed by atoms with Gasteiger partial charge in [0.25, 0.3) is 0 Å². The number of rotatable bonds is 9. The number of hydrogen-bond donors (Lipinski definition) is 5. The van der Waals surface area contributed by atoms with E-state index in [1.807, 2.05) is 0 Å². The van der Waals surface area contributed by atoms with Gasteiger partial charge in [0.2, 0.25) is 6.29 Å². The number of benzene rings is 1. The molecule has 1 aliphatic heterocycles. The Morgan fingerprint density at radius 1 is 1.17 bits per heavy atom. The Bertz CT molecular complexity index is 722. The predicted molar refractivity (Wildman–Crippen MR) is 104 cm³/mol. The molecule has 0 radical (unpaired) electrons. The molecule has 5 N–H and O–H groups in total. The number of aliphatic hydroxyl groups is 5. The van der Waals surface area contributed by atoms with E-state index in [1.54, 1.807) is 30.4 Å². The molecular weight excluding hydrogens is 400 g/mol. The Kier molecular flexibility index (Phi) is 9.03. The van der Waals surface area contributed by atoms with Crippen molar-refractivity contribution in [2.45, 2.75) is 37.6 Å². The highest BCUT2D eigenvalue weighted by Crippen LogP contribution is 2.32. The molecule has 2 rings (SSSR count). The molecule has 10 nitrogen and oxygen atoms in total. The van der Waals surface area contributed by atoms with E-state index in [0.717, 1.165) is 5.56 Å². The summed E-state index contributed by atoms with van der Waals surface area (Å²) in [6.07, 6.45) is -4.04. The first kappa shape index (κ1) is 24.1. The van der Waals surface area contributed by atoms with Crippen molar-refractivity contribution in [1.82, 2.24) is 0 Å². The number of hydrogen-bond acceptors (Lipinski definition) is 10. The molecule has 0 spiro atoms. The fourth-order valence-corrected chi connectivity index (χ4v) is 2.73. The van der Waals surface area contributed by atoms with Gasteiger partial charge in [0, 0.05) is 0 Å². The molecule has 0 aromatic heterocycles. The van der Waals surface area contributed by atoms with Gasteiger partial charge in [0.15, 0.2) is 11.5 Å². The zero-order valence-electron chi connectivity index (χ0n) is 16.7. The van der Waals surface area contributed by atoms with Gasteiger partial charge in [-0.1, -0.05) is 18.2 Å². The lowest BCUT2D eigenvalue weighted by Crippen LogP contribution is -2.60. The highest BCUT2D eigenvalue weighted by atomic mass is 16.7. The highest BCUT2D eigenvalue weighted by molar-refractivity contribution is 5.72. The quantitative estimate of drug-likeness (QED) is 0.311. The van der Waals surface area contributed by atoms with E-state index in [9.17, 15) is 20.1 Å². The largest absolute Gasteiger partial charge is 0.493 e. The summed E-state index contributed by atoms with van der Waals surface area (Å²) < 4.78 is 21.4. The highest BCUT2D eigenvalue weighted by Gasteiger charge is 2.45. The van der Waals surface area contributed by atoms with Crippen LogP contribution >= 0.6 is 0 Å². The van der Waals surface area contributed by atoms with Crippen LogP contribution in [-0.2, 0) is 14.3 Å². The Hall–Kier alpha value is -2.21. The van der Waals surface area contributed by atoms with Crippen molar-refractivity contribution < 1.29 is 49.3 Å². The van der Waals surface area contributed by atoms with Gasteiger partial charge < -0.3 is 44.5 Å². The van der Waals surface area contributed by atoms with Crippen molar-refractivity contribution >= 4 is 12.0 Å². The SMILES string of the molecule is COc1cc(/C=C/CO)ccc1O[C@@H]1O[C@H](COC(=O)C(C)CO)[C@@H](O)[C@H](O)[C@H]1O. The van der Waals surface area contributed by atoms with Gasteiger partial charge >= 0.3 is 5.97 Å². The fraction of sp³-hybridized carbons (Fsp3) is 0.550. The Labute approximate surface area is 173 Å². The van der Waals surface area contributed by atoms with Crippen LogP contribution in [0.4, 0.5) is 0 Å². The lowest BCUT2D eigenvalue weighted by atomic mass is 9.99. The Morgan fingerprint density at radius 2 is 1.90 bits per heavy atom. The molecule has 10 heteroatoms. The standard InChI is InChI=1S/C20H28O10/c1-11(9-22)19(26)28-10-15-16(23)17(24)18(25)20(30-15)29-13-6-5-12(4-3-7-21)8-14(13)27-2/h3-6,8,11,15-18,20-25H,7,9-10H2,1-2H3/b4-3+/t11?,15-,16-,17+,18-,20-/m1/s1. The monoisotopic (exact) mass is 428 g/mol. The minimum absolute atomic E-state index is 0.119. The number of carbonyl (C=O) groups excluding carboxylic acids is 1. The van der Waals surface area contributed by atoms with Gasteiger partial charge in [-0.05, 0) is 24.6 Å². The molecule has 1 aromatic carbocycles. The van der Waals surface area contributed by atoms with E-state index in [1.165, 1.54) is 14.0 Å². The summed E-state index contributed by atoms with van der Waals surface area (Å²) in [4.78, 5) is 11.7. The third kappa shape index (κ3) is 5.91. The maximum absolute atomic E-state index is 11.7. The first-order chi connectivity index (χ1) is 14.3. The topological polar surface area (TPSA) is 155 Å². The van der Waals surface area contributed by atoms with Gasteiger partial charge in [-0.3, -0.25) is 4.79 Å². The van der Waals surface area contributed by atoms with Crippen molar-refractivity contribution in [3.05, 3.63) is 29.8 Å². The average molecular weight is 428 g/mol. The van der Waals surface area contributed by atoms with Gasteiger partial charge in [-0.25, -0.2) is 0 Å². The van der Waals surface area contributed by atoms with E-state index in [-0.39, 0.29) is 12.4 Å². The van der Waals surface area contributed by atoms with Crippen LogP contribution in [-0.4, -0.2) is 89.1 Å². The smallest absolute Gasteiger partial charge is 0.311 e. The number of esters is 1. The van der Waals surface area contributed by atoms with E-state index >= 15 is 0 Å². The van der Waals surface area contributed by atoms with Crippen LogP contribution in [0.5, 0.6) is 11.5 Å². The lowest BCUT2D eigenvalue weighted by molar-refractivity contribution is -0.279. The normalized spacial score (nSPS) is 27.6. The summed E-state index contributed by atoms with van der Waals surface area (Å²) >= 11 is 0. The third-order valence-electron chi connectivity index (χ3n) is 4.58. The number of methoxy groups -OCH3 is 1. The molecule has 168 valence electrons. The van der Waals surface area contributed by atoms with Gasteiger partial charge in [-0.2, -0.15) is 0 Å². The van der Waals surface area contributed by atoms with Gasteiger partial charge in [-0.15, -0.1) is 0 Å². The molecule has 1 heterocycles. The van der Waals surface area contributed by atoms with Crippen LogP contribution in [0.3, 0.4) is 0 Å². The van der Waals surface area contributed by atoms with Crippen LogP contribution in [0, 0.1) is 5.92 Å². The third-order valence-corrected chi connectivity index (χ3v) is 4.58. The molecule has 0 aliphatic carbocycles. The molecule has 1 aromatic rings. The molecule has 1 unspecified atom stereocenters. The van der Waals surface area contributed by atoms with Crippen LogP contribution in [0.15, 0.2) is 24.3 Å². The summed E-state index contributed by atoms with van der Waals surface area (Å²) in [5.74, 6) is -0.933. The summed E-state index contributed by atoms with van der Waals surface area (Å²) in [5.41, 5.74) is 0.733. The van der Waals surface area contributed by atoms with Gasteiger partial charge in [0.05, 0.1) is 26.2 Å². The molecule has 1 saturated heterocycles. The van der Waals surface area contributed by atoms with Crippen molar-refractivity contribution in [2.24, 2.45) is 5.92 Å². The fourth-order valence-electron chi connectivity index (χ4n) is 2.73. The zero-order chi connectivity index (χ0) is 22.3. The predicted octanol–water partition coefficient (Wildman–Crippen LogP) is -0.941. The molecule has 0 amide bonds. The maximum atomic E-state index is 11.7.